The van der Waals surface area contributed by atoms with Crippen LogP contribution in [0.1, 0.15) is 11.1 Å². The summed E-state index contributed by atoms with van der Waals surface area (Å²) in [5.41, 5.74) is 2.08. The minimum atomic E-state index is -3.99. The molecule has 0 saturated heterocycles. The largest absolute Gasteiger partial charge is 0.338 e. The van der Waals surface area contributed by atoms with Crippen LogP contribution >= 0.6 is 0 Å². The van der Waals surface area contributed by atoms with E-state index in [0.717, 1.165) is 5.56 Å². The number of benzene rings is 2. The molecule has 0 saturated carbocycles. The van der Waals surface area contributed by atoms with Crippen molar-refractivity contribution in [2.24, 2.45) is 4.40 Å². The Hall–Kier alpha value is -3.42. The predicted molar refractivity (Wildman–Crippen MR) is 94.0 cm³/mol. The van der Waals surface area contributed by atoms with Crippen LogP contribution in [0, 0.1) is 29.6 Å². The first-order chi connectivity index (χ1) is 12.0. The Morgan fingerprint density at radius 3 is 2.32 bits per heavy atom. The molecule has 25 heavy (non-hydrogen) atoms. The van der Waals surface area contributed by atoms with Crippen molar-refractivity contribution in [3.8, 4) is 12.1 Å². The Bertz CT molecular complexity index is 1080. The van der Waals surface area contributed by atoms with E-state index in [9.17, 15) is 18.9 Å². The van der Waals surface area contributed by atoms with Crippen molar-refractivity contribution < 1.29 is 8.42 Å². The zero-order chi connectivity index (χ0) is 18.0. The Morgan fingerprint density at radius 1 is 1.04 bits per heavy atom. The van der Waals surface area contributed by atoms with Gasteiger partial charge in [-0.3, -0.25) is 0 Å². The SMILES string of the molecule is Cc1ccc(S(=O)(=O)/N=C2\Nc3ccccc3C2=C(C#N)C#N)cc1. The number of rotatable bonds is 2. The third kappa shape index (κ3) is 3.01. The number of hydrogen-bond donors (Lipinski definition) is 1. The molecule has 2 aromatic carbocycles. The normalized spacial score (nSPS) is 14.4. The number of fused-ring (bicyclic) bond motifs is 1. The smallest absolute Gasteiger partial charge is 0.284 e. The standard InChI is InChI=1S/C18H12N4O2S/c1-12-6-8-14(9-7-12)25(23,24)22-18-17(13(10-19)11-20)15-4-2-3-5-16(15)21-18/h2-9H,1H3,(H,21,22). The molecule has 0 aliphatic carbocycles. The highest BCUT2D eigenvalue weighted by Crippen LogP contribution is 2.34. The number of anilines is 1. The van der Waals surface area contributed by atoms with Crippen LogP contribution in [-0.4, -0.2) is 14.3 Å². The van der Waals surface area contributed by atoms with Crippen LogP contribution in [0.15, 0.2) is 63.4 Å². The third-order valence-corrected chi connectivity index (χ3v) is 4.98. The maximum atomic E-state index is 12.6. The number of nitriles is 2. The van der Waals surface area contributed by atoms with Crippen LogP contribution in [0.25, 0.3) is 5.57 Å². The van der Waals surface area contributed by atoms with Gasteiger partial charge in [0.15, 0.2) is 5.84 Å². The summed E-state index contributed by atoms with van der Waals surface area (Å²) >= 11 is 0. The van der Waals surface area contributed by atoms with E-state index >= 15 is 0 Å². The van der Waals surface area contributed by atoms with E-state index in [-0.39, 0.29) is 21.9 Å². The summed E-state index contributed by atoms with van der Waals surface area (Å²) < 4.78 is 29.0. The van der Waals surface area contributed by atoms with Crippen LogP contribution in [0.2, 0.25) is 0 Å². The van der Waals surface area contributed by atoms with Gasteiger partial charge in [-0.15, -0.1) is 4.40 Å². The van der Waals surface area contributed by atoms with Gasteiger partial charge in [0.25, 0.3) is 10.0 Å². The van der Waals surface area contributed by atoms with E-state index in [2.05, 4.69) is 9.71 Å². The molecule has 7 heteroatoms. The lowest BCUT2D eigenvalue weighted by Crippen LogP contribution is -2.11. The zero-order valence-electron chi connectivity index (χ0n) is 13.2. The van der Waals surface area contributed by atoms with Crippen molar-refractivity contribution in [1.82, 2.24) is 0 Å². The summed E-state index contributed by atoms with van der Waals surface area (Å²) in [5.74, 6) is -0.0279. The lowest BCUT2D eigenvalue weighted by Gasteiger charge is -2.03. The lowest BCUT2D eigenvalue weighted by atomic mass is 10.0. The third-order valence-electron chi connectivity index (χ3n) is 3.69. The topological polar surface area (TPSA) is 106 Å². The minimum Gasteiger partial charge on any atom is -0.338 e. The molecule has 0 bridgehead atoms. The molecule has 3 rings (SSSR count). The van der Waals surface area contributed by atoms with Crippen LogP contribution in [-0.2, 0) is 10.0 Å². The van der Waals surface area contributed by atoms with E-state index in [1.165, 1.54) is 12.1 Å². The lowest BCUT2D eigenvalue weighted by molar-refractivity contribution is 0.598. The molecular formula is C18H12N4O2S. The Labute approximate surface area is 145 Å². The van der Waals surface area contributed by atoms with Crippen LogP contribution in [0.5, 0.6) is 0 Å². The number of allylic oxidation sites excluding steroid dienone is 1. The van der Waals surface area contributed by atoms with Crippen LogP contribution in [0.4, 0.5) is 5.69 Å². The highest BCUT2D eigenvalue weighted by atomic mass is 32.2. The highest BCUT2D eigenvalue weighted by Gasteiger charge is 2.28. The number of amidine groups is 1. The van der Waals surface area contributed by atoms with Crippen LogP contribution in [0.3, 0.4) is 0 Å². The maximum absolute atomic E-state index is 12.6. The van der Waals surface area contributed by atoms with Gasteiger partial charge in [-0.1, -0.05) is 35.9 Å². The molecule has 0 unspecified atom stereocenters. The molecular weight excluding hydrogens is 336 g/mol. The molecule has 0 amide bonds. The number of hydrogen-bond acceptors (Lipinski definition) is 4. The molecule has 0 radical (unpaired) electrons. The fourth-order valence-corrected chi connectivity index (χ4v) is 3.43. The Morgan fingerprint density at radius 2 is 1.68 bits per heavy atom. The van der Waals surface area contributed by atoms with Gasteiger partial charge in [-0.25, -0.2) is 0 Å². The molecule has 0 fully saturated rings. The number of sulfonamides is 1. The van der Waals surface area contributed by atoms with Gasteiger partial charge in [-0.05, 0) is 25.1 Å². The van der Waals surface area contributed by atoms with Gasteiger partial charge in [0.05, 0.1) is 10.5 Å². The van der Waals surface area contributed by atoms with Gasteiger partial charge in [0, 0.05) is 11.3 Å². The summed E-state index contributed by atoms with van der Waals surface area (Å²) in [7, 11) is -3.99. The Kier molecular flexibility index (Phi) is 4.10. The van der Waals surface area contributed by atoms with Gasteiger partial charge >= 0.3 is 0 Å². The number of nitrogens with one attached hydrogen (secondary N) is 1. The van der Waals surface area contributed by atoms with Crippen molar-refractivity contribution in [1.29, 1.82) is 10.5 Å². The molecule has 2 aromatic rings. The minimum absolute atomic E-state index is 0.0279. The van der Waals surface area contributed by atoms with E-state index in [0.29, 0.717) is 11.3 Å². The first-order valence-electron chi connectivity index (χ1n) is 7.29. The van der Waals surface area contributed by atoms with Crippen molar-refractivity contribution >= 4 is 27.1 Å². The monoisotopic (exact) mass is 348 g/mol. The summed E-state index contributed by atoms with van der Waals surface area (Å²) in [6.45, 7) is 1.85. The van der Waals surface area contributed by atoms with Gasteiger partial charge < -0.3 is 5.32 Å². The Balaban J connectivity index is 2.18. The molecule has 122 valence electrons. The second-order valence-electron chi connectivity index (χ2n) is 5.37. The van der Waals surface area contributed by atoms with Crippen molar-refractivity contribution in [2.45, 2.75) is 11.8 Å². The fraction of sp³-hybridized carbons (Fsp3) is 0.0556. The second kappa shape index (κ2) is 6.23. The van der Waals surface area contributed by atoms with E-state index in [1.807, 2.05) is 6.92 Å². The molecule has 1 aliphatic heterocycles. The molecule has 0 spiro atoms. The molecule has 1 heterocycles. The molecule has 6 nitrogen and oxygen atoms in total. The molecule has 1 aliphatic rings. The van der Waals surface area contributed by atoms with Gasteiger partial charge in [0.1, 0.15) is 17.7 Å². The van der Waals surface area contributed by atoms with Crippen LogP contribution < -0.4 is 5.32 Å². The summed E-state index contributed by atoms with van der Waals surface area (Å²) in [6, 6.07) is 16.8. The van der Waals surface area contributed by atoms with Crippen molar-refractivity contribution in [3.63, 3.8) is 0 Å². The zero-order valence-corrected chi connectivity index (χ0v) is 14.0. The molecule has 1 N–H and O–H groups in total. The van der Waals surface area contributed by atoms with Gasteiger partial charge in [-0.2, -0.15) is 18.9 Å². The summed E-state index contributed by atoms with van der Waals surface area (Å²) in [6.07, 6.45) is 0. The van der Waals surface area contributed by atoms with Gasteiger partial charge in [0.2, 0.25) is 0 Å². The predicted octanol–water partition coefficient (Wildman–Crippen LogP) is 3.01. The van der Waals surface area contributed by atoms with Crippen molar-refractivity contribution in [2.75, 3.05) is 5.32 Å². The average molecular weight is 348 g/mol. The number of aryl methyl sites for hydroxylation is 1. The first-order valence-corrected chi connectivity index (χ1v) is 8.73. The van der Waals surface area contributed by atoms with Crippen molar-refractivity contribution in [3.05, 3.63) is 65.2 Å². The molecule has 0 atom stereocenters. The van der Waals surface area contributed by atoms with E-state index < -0.39 is 10.0 Å². The molecule has 0 aromatic heterocycles. The highest BCUT2D eigenvalue weighted by molar-refractivity contribution is 7.90. The summed E-state index contributed by atoms with van der Waals surface area (Å²) in [4.78, 5) is 0.0400. The summed E-state index contributed by atoms with van der Waals surface area (Å²) in [5, 5.41) is 21.3. The quantitative estimate of drug-likeness (QED) is 0.840. The average Bonchev–Trinajstić information content (AvgIpc) is 2.94. The fourth-order valence-electron chi connectivity index (χ4n) is 2.47. The van der Waals surface area contributed by atoms with E-state index in [4.69, 9.17) is 0 Å². The number of para-hydroxylation sites is 1. The second-order valence-corrected chi connectivity index (χ2v) is 6.98. The van der Waals surface area contributed by atoms with E-state index in [1.54, 1.807) is 48.5 Å². The number of nitrogens with zero attached hydrogens (tertiary/aromatic N) is 3. The first kappa shape index (κ1) is 16.4. The maximum Gasteiger partial charge on any atom is 0.284 e.